The molecule has 0 aromatic rings. The zero-order valence-electron chi connectivity index (χ0n) is 7.97. The van der Waals surface area contributed by atoms with E-state index in [1.165, 1.54) is 19.3 Å². The van der Waals surface area contributed by atoms with Crippen LogP contribution < -0.4 is 0 Å². The molecular weight excluding hydrogens is 150 g/mol. The number of likely N-dealkylation sites (tertiary alicyclic amines) is 1. The lowest BCUT2D eigenvalue weighted by Gasteiger charge is -2.50. The molecule has 2 aliphatic rings. The Labute approximate surface area is 73.9 Å². The van der Waals surface area contributed by atoms with Crippen molar-refractivity contribution in [1.82, 2.24) is 4.90 Å². The van der Waals surface area contributed by atoms with Crippen molar-refractivity contribution in [2.45, 2.75) is 32.6 Å². The van der Waals surface area contributed by atoms with Crippen molar-refractivity contribution in [3.8, 4) is 0 Å². The summed E-state index contributed by atoms with van der Waals surface area (Å²) in [5.41, 5.74) is 0.434. The Morgan fingerprint density at radius 3 is 2.67 bits per heavy atom. The first-order chi connectivity index (χ1) is 5.61. The highest BCUT2D eigenvalue weighted by Crippen LogP contribution is 2.52. The Morgan fingerprint density at radius 2 is 2.17 bits per heavy atom. The number of rotatable bonds is 0. The first kappa shape index (κ1) is 8.09. The summed E-state index contributed by atoms with van der Waals surface area (Å²) in [7, 11) is 1.91. The van der Waals surface area contributed by atoms with Crippen LogP contribution in [0.5, 0.6) is 0 Å². The molecule has 2 nitrogen and oxygen atoms in total. The van der Waals surface area contributed by atoms with Crippen LogP contribution in [-0.2, 0) is 4.79 Å². The average molecular weight is 167 g/mol. The summed E-state index contributed by atoms with van der Waals surface area (Å²) in [6.45, 7) is 3.26. The highest BCUT2D eigenvalue weighted by atomic mass is 16.2. The molecule has 2 fully saturated rings. The molecule has 0 aromatic carbocycles. The maximum Gasteiger partial charge on any atom is 0.222 e. The van der Waals surface area contributed by atoms with Gasteiger partial charge in [-0.3, -0.25) is 4.79 Å². The van der Waals surface area contributed by atoms with E-state index >= 15 is 0 Å². The van der Waals surface area contributed by atoms with Crippen molar-refractivity contribution in [2.75, 3.05) is 13.6 Å². The van der Waals surface area contributed by atoms with Crippen molar-refractivity contribution in [3.63, 3.8) is 0 Å². The average Bonchev–Trinajstić information content (AvgIpc) is 1.95. The van der Waals surface area contributed by atoms with Crippen molar-refractivity contribution in [3.05, 3.63) is 0 Å². The van der Waals surface area contributed by atoms with Gasteiger partial charge in [0.25, 0.3) is 0 Å². The summed E-state index contributed by atoms with van der Waals surface area (Å²) in [4.78, 5) is 13.3. The van der Waals surface area contributed by atoms with Gasteiger partial charge in [0.15, 0.2) is 0 Å². The lowest BCUT2D eigenvalue weighted by Crippen LogP contribution is -2.47. The van der Waals surface area contributed by atoms with Crippen LogP contribution >= 0.6 is 0 Å². The molecule has 1 saturated heterocycles. The van der Waals surface area contributed by atoms with Crippen LogP contribution in [-0.4, -0.2) is 24.4 Å². The van der Waals surface area contributed by atoms with Gasteiger partial charge in [-0.05, 0) is 30.6 Å². The van der Waals surface area contributed by atoms with Gasteiger partial charge in [0, 0.05) is 20.0 Å². The second-order valence-corrected chi connectivity index (χ2v) is 4.76. The molecule has 0 unspecified atom stereocenters. The fraction of sp³-hybridized carbons (Fsp3) is 0.900. The van der Waals surface area contributed by atoms with Crippen molar-refractivity contribution >= 4 is 5.91 Å². The molecule has 2 heteroatoms. The Hall–Kier alpha value is -0.530. The quantitative estimate of drug-likeness (QED) is 0.537. The largest absolute Gasteiger partial charge is 0.346 e. The van der Waals surface area contributed by atoms with Crippen LogP contribution in [0, 0.1) is 11.3 Å². The van der Waals surface area contributed by atoms with Gasteiger partial charge in [0.05, 0.1) is 0 Å². The van der Waals surface area contributed by atoms with Crippen molar-refractivity contribution in [2.24, 2.45) is 11.3 Å². The summed E-state index contributed by atoms with van der Waals surface area (Å²) < 4.78 is 0. The molecule has 1 heterocycles. The molecule has 1 saturated carbocycles. The highest BCUT2D eigenvalue weighted by Gasteiger charge is 2.45. The number of carbonyl (C=O) groups is 1. The van der Waals surface area contributed by atoms with E-state index in [2.05, 4.69) is 6.92 Å². The molecule has 1 spiro atoms. The van der Waals surface area contributed by atoms with Gasteiger partial charge in [0.2, 0.25) is 5.91 Å². The Bertz CT molecular complexity index is 206. The molecule has 1 aliphatic heterocycles. The molecular formula is C10H17NO. The monoisotopic (exact) mass is 167 g/mol. The third-order valence-electron chi connectivity index (χ3n) is 3.49. The number of nitrogens with zero attached hydrogens (tertiary/aromatic N) is 1. The zero-order valence-corrected chi connectivity index (χ0v) is 7.97. The maximum absolute atomic E-state index is 11.4. The maximum atomic E-state index is 11.4. The van der Waals surface area contributed by atoms with Crippen LogP contribution in [0.25, 0.3) is 0 Å². The minimum absolute atomic E-state index is 0.355. The number of hydrogen-bond donors (Lipinski definition) is 0. The first-order valence-electron chi connectivity index (χ1n) is 4.85. The number of hydrogen-bond acceptors (Lipinski definition) is 1. The predicted octanol–water partition coefficient (Wildman–Crippen LogP) is 1.65. The summed E-state index contributed by atoms with van der Waals surface area (Å²) >= 11 is 0. The molecule has 12 heavy (non-hydrogen) atoms. The molecule has 0 aromatic heterocycles. The smallest absolute Gasteiger partial charge is 0.222 e. The number of amides is 1. The highest BCUT2D eigenvalue weighted by molar-refractivity contribution is 5.77. The summed E-state index contributed by atoms with van der Waals surface area (Å²) in [5, 5.41) is 0. The van der Waals surface area contributed by atoms with Gasteiger partial charge in [-0.2, -0.15) is 0 Å². The minimum atomic E-state index is 0.355. The SMILES string of the molecule is CC1CC2(CCN(C)C(=O)C2)C1. The molecule has 0 atom stereocenters. The van der Waals surface area contributed by atoms with E-state index in [-0.39, 0.29) is 0 Å². The van der Waals surface area contributed by atoms with Crippen LogP contribution in [0.3, 0.4) is 0 Å². The number of piperidine rings is 1. The summed E-state index contributed by atoms with van der Waals surface area (Å²) in [6, 6.07) is 0. The van der Waals surface area contributed by atoms with E-state index in [9.17, 15) is 4.79 Å². The van der Waals surface area contributed by atoms with Gasteiger partial charge in [-0.15, -0.1) is 0 Å². The van der Waals surface area contributed by atoms with Crippen LogP contribution in [0.4, 0.5) is 0 Å². The third-order valence-corrected chi connectivity index (χ3v) is 3.49. The summed E-state index contributed by atoms with van der Waals surface area (Å²) in [6.07, 6.45) is 4.62. The van der Waals surface area contributed by atoms with E-state index in [0.717, 1.165) is 18.9 Å². The van der Waals surface area contributed by atoms with Gasteiger partial charge < -0.3 is 4.90 Å². The van der Waals surface area contributed by atoms with Crippen molar-refractivity contribution < 1.29 is 4.79 Å². The van der Waals surface area contributed by atoms with Crippen molar-refractivity contribution in [1.29, 1.82) is 0 Å². The molecule has 0 radical (unpaired) electrons. The topological polar surface area (TPSA) is 20.3 Å². The fourth-order valence-electron chi connectivity index (χ4n) is 2.84. The lowest BCUT2D eigenvalue weighted by molar-refractivity contribution is -0.141. The van der Waals surface area contributed by atoms with Gasteiger partial charge in [-0.25, -0.2) is 0 Å². The number of carbonyl (C=O) groups excluding carboxylic acids is 1. The van der Waals surface area contributed by atoms with E-state index in [1.54, 1.807) is 0 Å². The molecule has 1 amide bonds. The molecule has 0 bridgehead atoms. The predicted molar refractivity (Wildman–Crippen MR) is 47.7 cm³/mol. The van der Waals surface area contributed by atoms with Crippen LogP contribution in [0.2, 0.25) is 0 Å². The van der Waals surface area contributed by atoms with Gasteiger partial charge in [-0.1, -0.05) is 6.92 Å². The van der Waals surface area contributed by atoms with Crippen LogP contribution in [0.1, 0.15) is 32.6 Å². The third kappa shape index (κ3) is 1.13. The van der Waals surface area contributed by atoms with Crippen LogP contribution in [0.15, 0.2) is 0 Å². The van der Waals surface area contributed by atoms with Gasteiger partial charge in [0.1, 0.15) is 0 Å². The standard InChI is InChI=1S/C10H17NO/c1-8-5-10(6-8)3-4-11(2)9(12)7-10/h8H,3-7H2,1-2H3. The minimum Gasteiger partial charge on any atom is -0.346 e. The second-order valence-electron chi connectivity index (χ2n) is 4.76. The Balaban J connectivity index is 1.99. The molecule has 0 N–H and O–H groups in total. The first-order valence-corrected chi connectivity index (χ1v) is 4.85. The molecule has 1 aliphatic carbocycles. The summed E-state index contributed by atoms with van der Waals surface area (Å²) in [5.74, 6) is 1.22. The normalized spacial score (nSPS) is 41.7. The second kappa shape index (κ2) is 2.48. The van der Waals surface area contributed by atoms with Gasteiger partial charge >= 0.3 is 0 Å². The van der Waals surface area contributed by atoms with E-state index < -0.39 is 0 Å². The fourth-order valence-corrected chi connectivity index (χ4v) is 2.84. The van der Waals surface area contributed by atoms with E-state index in [1.807, 2.05) is 11.9 Å². The van der Waals surface area contributed by atoms with E-state index in [0.29, 0.717) is 11.3 Å². The van der Waals surface area contributed by atoms with E-state index in [4.69, 9.17) is 0 Å². The molecule has 68 valence electrons. The Morgan fingerprint density at radius 1 is 1.50 bits per heavy atom. The zero-order chi connectivity index (χ0) is 8.77. The Kier molecular flexibility index (Phi) is 1.67. The lowest BCUT2D eigenvalue weighted by atomic mass is 9.58. The molecule has 2 rings (SSSR count).